The Bertz CT molecular complexity index is 1230. The molecule has 160 valence electrons. The van der Waals surface area contributed by atoms with Crippen molar-refractivity contribution in [2.45, 2.75) is 39.8 Å². The van der Waals surface area contributed by atoms with Crippen LogP contribution in [0.25, 0.3) is 22.1 Å². The number of nitrogens with zero attached hydrogens (tertiary/aromatic N) is 5. The topological polar surface area (TPSA) is 86.5 Å². The van der Waals surface area contributed by atoms with Gasteiger partial charge in [0, 0.05) is 11.9 Å². The lowest BCUT2D eigenvalue weighted by Crippen LogP contribution is -2.07. The molecule has 0 saturated carbocycles. The predicted molar refractivity (Wildman–Crippen MR) is 123 cm³/mol. The zero-order valence-corrected chi connectivity index (χ0v) is 18.2. The molecule has 0 radical (unpaired) electrons. The summed E-state index contributed by atoms with van der Waals surface area (Å²) in [5.41, 5.74) is 6.44. The Hall–Kier alpha value is -3.68. The van der Waals surface area contributed by atoms with Gasteiger partial charge in [0.15, 0.2) is 17.1 Å². The highest BCUT2D eigenvalue weighted by atomic mass is 16.5. The van der Waals surface area contributed by atoms with Crippen LogP contribution in [0.15, 0.2) is 47.6 Å². The Morgan fingerprint density at radius 1 is 1.13 bits per heavy atom. The highest BCUT2D eigenvalue weighted by Gasteiger charge is 2.14. The van der Waals surface area contributed by atoms with Gasteiger partial charge < -0.3 is 14.0 Å². The van der Waals surface area contributed by atoms with Crippen LogP contribution in [0, 0.1) is 0 Å². The fourth-order valence-corrected chi connectivity index (χ4v) is 3.48. The lowest BCUT2D eigenvalue weighted by atomic mass is 10.2. The molecular weight excluding hydrogens is 392 g/mol. The molecule has 0 aliphatic rings. The number of anilines is 1. The fraction of sp³-hybridized carbons (Fsp3) is 0.304. The first-order chi connectivity index (χ1) is 15.1. The summed E-state index contributed by atoms with van der Waals surface area (Å²) in [4.78, 5) is 4.66. The molecule has 0 saturated heterocycles. The molecule has 31 heavy (non-hydrogen) atoms. The molecule has 4 rings (SSSR count). The maximum Gasteiger partial charge on any atom is 0.265 e. The fourth-order valence-electron chi connectivity index (χ4n) is 3.48. The molecule has 0 fully saturated rings. The average molecular weight is 419 g/mol. The van der Waals surface area contributed by atoms with Gasteiger partial charge in [-0.1, -0.05) is 25.1 Å². The largest absolute Gasteiger partial charge is 0.493 e. The van der Waals surface area contributed by atoms with Gasteiger partial charge in [0.2, 0.25) is 0 Å². The maximum absolute atomic E-state index is 5.75. The third kappa shape index (κ3) is 4.28. The summed E-state index contributed by atoms with van der Waals surface area (Å²) < 4.78 is 13.3. The van der Waals surface area contributed by atoms with Gasteiger partial charge in [0.05, 0.1) is 24.9 Å². The molecule has 8 heteroatoms. The summed E-state index contributed by atoms with van der Waals surface area (Å²) in [6.45, 7) is 6.95. The van der Waals surface area contributed by atoms with Crippen molar-refractivity contribution in [1.82, 2.24) is 19.7 Å². The average Bonchev–Trinajstić information content (AvgIpc) is 3.08. The molecule has 2 heterocycles. The monoisotopic (exact) mass is 418 g/mol. The Kier molecular flexibility index (Phi) is 5.97. The zero-order chi connectivity index (χ0) is 21.8. The first-order valence-corrected chi connectivity index (χ1v) is 10.4. The lowest BCUT2D eigenvalue weighted by molar-refractivity contribution is 0.230. The van der Waals surface area contributed by atoms with E-state index in [1.165, 1.54) is 0 Å². The molecule has 0 atom stereocenters. The van der Waals surface area contributed by atoms with Crippen LogP contribution in [-0.4, -0.2) is 39.2 Å². The van der Waals surface area contributed by atoms with Crippen molar-refractivity contribution in [1.29, 1.82) is 0 Å². The Labute approximate surface area is 180 Å². The molecule has 2 aromatic heterocycles. The van der Waals surface area contributed by atoms with Gasteiger partial charge in [-0.3, -0.25) is 0 Å². The first kappa shape index (κ1) is 20.6. The van der Waals surface area contributed by atoms with Crippen LogP contribution in [0.1, 0.15) is 32.8 Å². The summed E-state index contributed by atoms with van der Waals surface area (Å²) >= 11 is 0. The summed E-state index contributed by atoms with van der Waals surface area (Å²) in [5, 5.41) is 13.9. The van der Waals surface area contributed by atoms with Crippen LogP contribution in [0.3, 0.4) is 0 Å². The highest BCUT2D eigenvalue weighted by molar-refractivity contribution is 6.04. The number of aromatic nitrogens is 4. The van der Waals surface area contributed by atoms with E-state index in [0.717, 1.165) is 40.6 Å². The highest BCUT2D eigenvalue weighted by Crippen LogP contribution is 2.29. The van der Waals surface area contributed by atoms with Crippen LogP contribution in [-0.2, 0) is 6.54 Å². The van der Waals surface area contributed by atoms with Crippen LogP contribution < -0.4 is 14.9 Å². The van der Waals surface area contributed by atoms with Crippen molar-refractivity contribution in [2.75, 3.05) is 12.5 Å². The molecule has 0 aliphatic carbocycles. The number of ether oxygens (including phenoxy) is 2. The summed E-state index contributed by atoms with van der Waals surface area (Å²) in [6, 6.07) is 13.8. The molecule has 8 nitrogen and oxygen atoms in total. The summed E-state index contributed by atoms with van der Waals surface area (Å²) in [5.74, 6) is 1.70. The van der Waals surface area contributed by atoms with Crippen LogP contribution in [0.4, 0.5) is 5.95 Å². The van der Waals surface area contributed by atoms with Gasteiger partial charge in [-0.15, -0.1) is 10.2 Å². The van der Waals surface area contributed by atoms with Crippen molar-refractivity contribution < 1.29 is 9.47 Å². The van der Waals surface area contributed by atoms with Crippen molar-refractivity contribution >= 4 is 34.2 Å². The number of hydrogen-bond donors (Lipinski definition) is 1. The molecule has 1 N–H and O–H groups in total. The van der Waals surface area contributed by atoms with E-state index in [1.807, 2.05) is 50.2 Å². The number of aryl methyl sites for hydroxylation is 1. The number of methoxy groups -OCH3 is 1. The smallest absolute Gasteiger partial charge is 0.265 e. The van der Waals surface area contributed by atoms with Gasteiger partial charge in [0.1, 0.15) is 5.52 Å². The van der Waals surface area contributed by atoms with Crippen molar-refractivity contribution in [3.05, 3.63) is 48.0 Å². The number of nitrogens with one attached hydrogen (secondary N) is 1. The van der Waals surface area contributed by atoms with E-state index >= 15 is 0 Å². The Morgan fingerprint density at radius 2 is 1.97 bits per heavy atom. The van der Waals surface area contributed by atoms with E-state index in [1.54, 1.807) is 13.3 Å². The minimum atomic E-state index is 0.0675. The molecule has 4 aromatic rings. The SMILES string of the molecule is CCCn1c2ccccc2c2nnc(N/N=C/c3ccc(OC(C)C)c(OC)c3)nc21. The second-order valence-electron chi connectivity index (χ2n) is 7.42. The summed E-state index contributed by atoms with van der Waals surface area (Å²) in [7, 11) is 1.62. The molecule has 0 bridgehead atoms. The van der Waals surface area contributed by atoms with Crippen molar-refractivity contribution in [2.24, 2.45) is 5.10 Å². The quantitative estimate of drug-likeness (QED) is 0.332. The molecule has 0 unspecified atom stereocenters. The number of hydrazone groups is 1. The number of rotatable bonds is 8. The molecule has 0 amide bonds. The van der Waals surface area contributed by atoms with Gasteiger partial charge in [-0.25, -0.2) is 5.43 Å². The van der Waals surface area contributed by atoms with E-state index in [-0.39, 0.29) is 6.10 Å². The Morgan fingerprint density at radius 3 is 2.74 bits per heavy atom. The van der Waals surface area contributed by atoms with Gasteiger partial charge in [-0.05, 0) is 50.1 Å². The number of para-hydroxylation sites is 1. The normalized spacial score (nSPS) is 11.6. The predicted octanol–water partition coefficient (Wildman–Crippen LogP) is 4.63. The van der Waals surface area contributed by atoms with E-state index in [4.69, 9.17) is 9.47 Å². The second-order valence-corrected chi connectivity index (χ2v) is 7.42. The van der Waals surface area contributed by atoms with Gasteiger partial charge in [0.25, 0.3) is 5.95 Å². The number of fused-ring (bicyclic) bond motifs is 3. The van der Waals surface area contributed by atoms with E-state index in [9.17, 15) is 0 Å². The van der Waals surface area contributed by atoms with Crippen LogP contribution >= 0.6 is 0 Å². The van der Waals surface area contributed by atoms with Gasteiger partial charge in [-0.2, -0.15) is 10.1 Å². The van der Waals surface area contributed by atoms with Crippen molar-refractivity contribution in [3.63, 3.8) is 0 Å². The third-order valence-corrected chi connectivity index (χ3v) is 4.75. The minimum Gasteiger partial charge on any atom is -0.493 e. The van der Waals surface area contributed by atoms with E-state index < -0.39 is 0 Å². The molecule has 0 spiro atoms. The van der Waals surface area contributed by atoms with Gasteiger partial charge >= 0.3 is 0 Å². The Balaban J connectivity index is 1.58. The van der Waals surface area contributed by atoms with Crippen LogP contribution in [0.2, 0.25) is 0 Å². The number of benzene rings is 2. The summed E-state index contributed by atoms with van der Waals surface area (Å²) in [6.07, 6.45) is 2.74. The molecular formula is C23H26N6O2. The third-order valence-electron chi connectivity index (χ3n) is 4.75. The maximum atomic E-state index is 5.75. The molecule has 2 aromatic carbocycles. The number of hydrogen-bond acceptors (Lipinski definition) is 7. The zero-order valence-electron chi connectivity index (χ0n) is 18.2. The lowest BCUT2D eigenvalue weighted by Gasteiger charge is -2.13. The van der Waals surface area contributed by atoms with E-state index in [2.05, 4.69) is 43.3 Å². The standard InChI is InChI=1S/C23H26N6O2/c1-5-12-29-18-9-7-6-8-17(18)21-22(29)25-23(28-26-21)27-24-14-16-10-11-19(31-15(2)3)20(13-16)30-4/h6-11,13-15H,5,12H2,1-4H3,(H,25,27,28)/b24-14+. The molecule has 0 aliphatic heterocycles. The van der Waals surface area contributed by atoms with Crippen LogP contribution in [0.5, 0.6) is 11.5 Å². The minimum absolute atomic E-state index is 0.0675. The first-order valence-electron chi connectivity index (χ1n) is 10.4. The van der Waals surface area contributed by atoms with E-state index in [0.29, 0.717) is 17.4 Å². The second kappa shape index (κ2) is 8.99. The van der Waals surface area contributed by atoms with Crippen molar-refractivity contribution in [3.8, 4) is 11.5 Å².